The summed E-state index contributed by atoms with van der Waals surface area (Å²) < 4.78 is 0. The molecule has 0 aromatic heterocycles. The zero-order valence-corrected chi connectivity index (χ0v) is 13.0. The normalized spacial score (nSPS) is 15.1. The smallest absolute Gasteiger partial charge is 0.315 e. The third-order valence-electron chi connectivity index (χ3n) is 4.18. The molecule has 0 heterocycles. The van der Waals surface area contributed by atoms with Crippen LogP contribution in [-0.2, 0) is 0 Å². The summed E-state index contributed by atoms with van der Waals surface area (Å²) >= 11 is 0. The molecule has 0 bridgehead atoms. The van der Waals surface area contributed by atoms with E-state index < -0.39 is 0 Å². The average Bonchev–Trinajstić information content (AvgIpc) is 2.99. The maximum Gasteiger partial charge on any atom is 0.315 e. The molecule has 0 saturated heterocycles. The van der Waals surface area contributed by atoms with E-state index >= 15 is 0 Å². The Morgan fingerprint density at radius 3 is 2.62 bits per heavy atom. The molecule has 1 aliphatic rings. The van der Waals surface area contributed by atoms with Crippen LogP contribution in [0.2, 0.25) is 0 Å². The first-order valence-electron chi connectivity index (χ1n) is 7.97. The lowest BCUT2D eigenvalue weighted by molar-refractivity contribution is -0.383. The largest absolute Gasteiger partial charge is 0.379 e. The van der Waals surface area contributed by atoms with Gasteiger partial charge in [-0.2, -0.15) is 0 Å². The quantitative estimate of drug-likeness (QED) is 0.604. The van der Waals surface area contributed by atoms with Gasteiger partial charge in [-0.05, 0) is 38.3 Å². The lowest BCUT2D eigenvalue weighted by atomic mass is 10.1. The fourth-order valence-electron chi connectivity index (χ4n) is 3.20. The Morgan fingerprint density at radius 1 is 1.33 bits per heavy atom. The number of rotatable bonds is 7. The number of nitro benzene ring substituents is 1. The Kier molecular flexibility index (Phi) is 5.42. The van der Waals surface area contributed by atoms with Crippen molar-refractivity contribution in [3.8, 4) is 0 Å². The van der Waals surface area contributed by atoms with Crippen LogP contribution in [0.1, 0.15) is 46.0 Å². The van der Waals surface area contributed by atoms with Gasteiger partial charge in [-0.1, -0.05) is 25.8 Å². The van der Waals surface area contributed by atoms with Crippen LogP contribution >= 0.6 is 0 Å². The summed E-state index contributed by atoms with van der Waals surface area (Å²) in [6.45, 7) is 5.69. The molecule has 5 heteroatoms. The van der Waals surface area contributed by atoms with Crippen molar-refractivity contribution in [3.63, 3.8) is 0 Å². The van der Waals surface area contributed by atoms with Crippen molar-refractivity contribution < 1.29 is 4.92 Å². The molecule has 0 aliphatic heterocycles. The number of anilines is 2. The summed E-state index contributed by atoms with van der Waals surface area (Å²) in [5.41, 5.74) is 1.62. The van der Waals surface area contributed by atoms with Crippen LogP contribution in [0.25, 0.3) is 0 Å². The molecule has 0 radical (unpaired) electrons. The number of para-hydroxylation sites is 1. The van der Waals surface area contributed by atoms with Gasteiger partial charge in [-0.15, -0.1) is 0 Å². The van der Waals surface area contributed by atoms with E-state index in [0.29, 0.717) is 11.7 Å². The fraction of sp³-hybridized carbons (Fsp3) is 0.625. The summed E-state index contributed by atoms with van der Waals surface area (Å²) in [5.74, 6) is 0. The van der Waals surface area contributed by atoms with Gasteiger partial charge >= 0.3 is 5.69 Å². The minimum absolute atomic E-state index is 0.222. The maximum absolute atomic E-state index is 11.6. The molecule has 1 saturated carbocycles. The molecule has 1 aliphatic carbocycles. The van der Waals surface area contributed by atoms with Crippen molar-refractivity contribution in [1.29, 1.82) is 0 Å². The molecule has 0 atom stereocenters. The van der Waals surface area contributed by atoms with Crippen molar-refractivity contribution in [1.82, 2.24) is 0 Å². The number of nitrogens with one attached hydrogen (secondary N) is 1. The summed E-state index contributed by atoms with van der Waals surface area (Å²) in [6.07, 6.45) is 5.67. The molecule has 2 rings (SSSR count). The monoisotopic (exact) mass is 291 g/mol. The first-order valence-corrected chi connectivity index (χ1v) is 7.97. The number of nitro groups is 1. The molecule has 1 aromatic carbocycles. The predicted molar refractivity (Wildman–Crippen MR) is 87.2 cm³/mol. The van der Waals surface area contributed by atoms with Gasteiger partial charge in [0.25, 0.3) is 0 Å². The third kappa shape index (κ3) is 3.46. The molecule has 0 unspecified atom stereocenters. The second kappa shape index (κ2) is 7.29. The van der Waals surface area contributed by atoms with Crippen LogP contribution in [0.15, 0.2) is 18.2 Å². The van der Waals surface area contributed by atoms with E-state index in [9.17, 15) is 10.1 Å². The molecule has 5 nitrogen and oxygen atoms in total. The highest BCUT2D eigenvalue weighted by molar-refractivity contribution is 5.77. The van der Waals surface area contributed by atoms with Gasteiger partial charge in [0.05, 0.1) is 4.92 Å². The van der Waals surface area contributed by atoms with E-state index in [1.165, 1.54) is 12.8 Å². The van der Waals surface area contributed by atoms with Crippen LogP contribution in [0.3, 0.4) is 0 Å². The number of benzene rings is 1. The van der Waals surface area contributed by atoms with Gasteiger partial charge in [0, 0.05) is 19.1 Å². The van der Waals surface area contributed by atoms with Crippen LogP contribution in [0.5, 0.6) is 0 Å². The standard InChI is InChI=1S/C16H25N3O2/c1-3-12-17-14-10-7-11-15(16(14)19(20)21)18(4-2)13-8-5-6-9-13/h7,10-11,13,17H,3-6,8-9,12H2,1-2H3. The Labute approximate surface area is 126 Å². The van der Waals surface area contributed by atoms with E-state index in [2.05, 4.69) is 24.1 Å². The van der Waals surface area contributed by atoms with Crippen molar-refractivity contribution in [3.05, 3.63) is 28.3 Å². The van der Waals surface area contributed by atoms with Crippen molar-refractivity contribution in [2.75, 3.05) is 23.3 Å². The van der Waals surface area contributed by atoms with E-state index in [0.717, 1.165) is 38.0 Å². The lowest BCUT2D eigenvalue weighted by Gasteiger charge is -2.30. The highest BCUT2D eigenvalue weighted by atomic mass is 16.6. The third-order valence-corrected chi connectivity index (χ3v) is 4.18. The van der Waals surface area contributed by atoms with Crippen LogP contribution in [0.4, 0.5) is 17.1 Å². The van der Waals surface area contributed by atoms with Crippen molar-refractivity contribution >= 4 is 17.1 Å². The van der Waals surface area contributed by atoms with Crippen LogP contribution in [-0.4, -0.2) is 24.1 Å². The summed E-state index contributed by atoms with van der Waals surface area (Å²) in [4.78, 5) is 13.5. The zero-order chi connectivity index (χ0) is 15.2. The SMILES string of the molecule is CCCNc1cccc(N(CC)C2CCCC2)c1[N+](=O)[O-]. The first kappa shape index (κ1) is 15.6. The fourth-order valence-corrected chi connectivity index (χ4v) is 3.20. The molecular weight excluding hydrogens is 266 g/mol. The number of nitrogens with zero attached hydrogens (tertiary/aromatic N) is 2. The predicted octanol–water partition coefficient (Wildman–Crippen LogP) is 4.19. The second-order valence-electron chi connectivity index (χ2n) is 5.58. The van der Waals surface area contributed by atoms with E-state index in [-0.39, 0.29) is 10.6 Å². The lowest BCUT2D eigenvalue weighted by Crippen LogP contribution is -2.33. The highest BCUT2D eigenvalue weighted by Gasteiger charge is 2.28. The molecule has 0 spiro atoms. The van der Waals surface area contributed by atoms with Gasteiger partial charge in [0.1, 0.15) is 11.4 Å². The Bertz CT molecular complexity index is 484. The summed E-state index contributed by atoms with van der Waals surface area (Å²) in [5, 5.41) is 14.8. The van der Waals surface area contributed by atoms with Gasteiger partial charge in [-0.25, -0.2) is 0 Å². The maximum atomic E-state index is 11.6. The number of hydrogen-bond acceptors (Lipinski definition) is 4. The molecule has 1 aromatic rings. The average molecular weight is 291 g/mol. The van der Waals surface area contributed by atoms with E-state index in [4.69, 9.17) is 0 Å². The molecule has 1 N–H and O–H groups in total. The zero-order valence-electron chi connectivity index (χ0n) is 13.0. The molecule has 1 fully saturated rings. The summed E-state index contributed by atoms with van der Waals surface area (Å²) in [7, 11) is 0. The van der Waals surface area contributed by atoms with Gasteiger partial charge in [-0.3, -0.25) is 10.1 Å². The Balaban J connectivity index is 2.38. The molecular formula is C16H25N3O2. The topological polar surface area (TPSA) is 58.4 Å². The highest BCUT2D eigenvalue weighted by Crippen LogP contribution is 2.38. The van der Waals surface area contributed by atoms with Crippen LogP contribution in [0, 0.1) is 10.1 Å². The summed E-state index contributed by atoms with van der Waals surface area (Å²) in [6, 6.07) is 6.05. The van der Waals surface area contributed by atoms with Gasteiger partial charge in [0.15, 0.2) is 0 Å². The number of hydrogen-bond donors (Lipinski definition) is 1. The first-order chi connectivity index (χ1) is 10.2. The van der Waals surface area contributed by atoms with Crippen molar-refractivity contribution in [2.24, 2.45) is 0 Å². The molecule has 0 amide bonds. The Morgan fingerprint density at radius 2 is 2.05 bits per heavy atom. The van der Waals surface area contributed by atoms with Gasteiger partial charge in [0.2, 0.25) is 0 Å². The van der Waals surface area contributed by atoms with E-state index in [1.54, 1.807) is 6.07 Å². The molecule has 21 heavy (non-hydrogen) atoms. The van der Waals surface area contributed by atoms with Crippen molar-refractivity contribution in [2.45, 2.75) is 52.0 Å². The molecule has 116 valence electrons. The Hall–Kier alpha value is -1.78. The minimum atomic E-state index is -0.245. The minimum Gasteiger partial charge on any atom is -0.379 e. The van der Waals surface area contributed by atoms with E-state index in [1.807, 2.05) is 12.1 Å². The van der Waals surface area contributed by atoms with Crippen LogP contribution < -0.4 is 10.2 Å². The second-order valence-corrected chi connectivity index (χ2v) is 5.58. The van der Waals surface area contributed by atoms with Gasteiger partial charge < -0.3 is 10.2 Å².